The summed E-state index contributed by atoms with van der Waals surface area (Å²) in [6.07, 6.45) is 13.4. The Morgan fingerprint density at radius 1 is 0.643 bits per heavy atom. The minimum Gasteiger partial charge on any atom is -0.505 e. The van der Waals surface area contributed by atoms with E-state index in [1.54, 1.807) is 0 Å². The van der Waals surface area contributed by atoms with E-state index in [0.29, 0.717) is 36.8 Å². The Hall–Kier alpha value is -3.65. The van der Waals surface area contributed by atoms with Crippen LogP contribution in [0.5, 0.6) is 0 Å². The summed E-state index contributed by atoms with van der Waals surface area (Å²) in [7, 11) is 0. The molecular weight excluding hydrogens is 878 g/mol. The minimum atomic E-state index is -0.540. The van der Waals surface area contributed by atoms with Crippen molar-refractivity contribution < 1.29 is 36.6 Å². The fraction of sp³-hybridized carbons (Fsp3) is 0.479. The Labute approximate surface area is 354 Å². The first kappa shape index (κ1) is 45.1. The minimum absolute atomic E-state index is 0. The maximum atomic E-state index is 11.8. The summed E-state index contributed by atoms with van der Waals surface area (Å²) in [5.41, 5.74) is 13.3. The molecule has 3 aromatic rings. The van der Waals surface area contributed by atoms with Crippen LogP contribution in [0, 0.1) is 34.1 Å². The van der Waals surface area contributed by atoms with Crippen LogP contribution in [-0.2, 0) is 31.9 Å². The molecule has 0 atom stereocenters. The van der Waals surface area contributed by atoms with E-state index in [4.69, 9.17) is 9.47 Å². The van der Waals surface area contributed by atoms with Crippen LogP contribution in [0.15, 0.2) is 73.3 Å². The first-order chi connectivity index (χ1) is 26.2. The molecule has 3 aliphatic rings. The van der Waals surface area contributed by atoms with Crippen LogP contribution in [0.2, 0.25) is 0 Å². The molecule has 0 saturated heterocycles. The monoisotopic (exact) mass is 943 g/mol. The van der Waals surface area contributed by atoms with Gasteiger partial charge < -0.3 is 29.1 Å². The van der Waals surface area contributed by atoms with Crippen LogP contribution in [0.1, 0.15) is 150 Å². The predicted molar refractivity (Wildman–Crippen MR) is 230 cm³/mol. The molecule has 1 radical (unpaired) electrons. The molecule has 2 heterocycles. The van der Waals surface area contributed by atoms with Gasteiger partial charge in [0.2, 0.25) is 0 Å². The van der Waals surface area contributed by atoms with Crippen LogP contribution in [0.4, 0.5) is 21.9 Å². The molecule has 8 heteroatoms. The van der Waals surface area contributed by atoms with Crippen molar-refractivity contribution in [1.82, 2.24) is 4.90 Å². The van der Waals surface area contributed by atoms with Crippen molar-refractivity contribution in [1.29, 1.82) is 0 Å². The maximum Gasteiger partial charge on any atom is 0.508 e. The van der Waals surface area contributed by atoms with Gasteiger partial charge in [-0.1, -0.05) is 116 Å². The normalized spacial score (nSPS) is 15.6. The van der Waals surface area contributed by atoms with Gasteiger partial charge in [-0.25, -0.2) is 4.79 Å². The Bertz CT molecular complexity index is 1660. The van der Waals surface area contributed by atoms with E-state index in [9.17, 15) is 4.79 Å². The average Bonchev–Trinajstić information content (AvgIpc) is 3.81. The molecule has 0 spiro atoms. The van der Waals surface area contributed by atoms with Gasteiger partial charge in [-0.05, 0) is 128 Å². The van der Waals surface area contributed by atoms with Gasteiger partial charge in [0, 0.05) is 46.0 Å². The molecule has 0 aromatic heterocycles. The van der Waals surface area contributed by atoms with E-state index >= 15 is 0 Å². The smallest absolute Gasteiger partial charge is 0.505 e. The molecule has 309 valence electrons. The van der Waals surface area contributed by atoms with Gasteiger partial charge in [-0.3, -0.25) is 0 Å². The topological polar surface area (TPSA) is 48.5 Å². The van der Waals surface area contributed by atoms with Crippen molar-refractivity contribution in [3.8, 4) is 0 Å². The summed E-state index contributed by atoms with van der Waals surface area (Å²) in [5, 5.41) is 0. The Morgan fingerprint density at radius 2 is 1.07 bits per heavy atom. The van der Waals surface area contributed by atoms with Crippen molar-refractivity contribution in [3.63, 3.8) is 0 Å². The zero-order chi connectivity index (χ0) is 39.8. The second-order valence-electron chi connectivity index (χ2n) is 16.7. The van der Waals surface area contributed by atoms with Crippen molar-refractivity contribution in [3.05, 3.63) is 126 Å². The molecule has 0 bridgehead atoms. The summed E-state index contributed by atoms with van der Waals surface area (Å²) in [4.78, 5) is 20.6. The first-order valence-corrected chi connectivity index (χ1v) is 20.6. The van der Waals surface area contributed by atoms with Crippen LogP contribution in [0.3, 0.4) is 0 Å². The van der Waals surface area contributed by atoms with Gasteiger partial charge in [-0.15, -0.1) is 6.67 Å². The standard InChI is InChI=1S/C27H37N2.C21H29N2O3.Au/c1-18(2)22-11-9-12-23(19(3)4)26(22)28-15-16-29(17-28)27-24(20(5)6)13-10-14-25(27)21(7)8;1-16-13-17(2)20(18(3)14-16)23-10-9-22(15-23)11-12-25-21(24)26-19-7-5-4-6-8-19;/h9-21H,1-8H3;9-10,13-15,19H,4-8,11-12H2,1-3H3;/q2*-1;. The number of hydrogen-bond acceptors (Lipinski definition) is 7. The molecule has 3 aromatic carbocycles. The number of carbonyl (C=O) groups is 1. The quantitative estimate of drug-likeness (QED) is 0.108. The number of nitrogens with zero attached hydrogens (tertiary/aromatic N) is 4. The molecule has 0 N–H and O–H groups in total. The molecule has 0 unspecified atom stereocenters. The number of benzene rings is 3. The van der Waals surface area contributed by atoms with Crippen LogP contribution in [0.25, 0.3) is 0 Å². The number of ether oxygens (including phenoxy) is 2. The Balaban J connectivity index is 0.000000246. The number of rotatable bonds is 11. The van der Waals surface area contributed by atoms with E-state index in [-0.39, 0.29) is 28.5 Å². The SMILES string of the molecule is CC(C)c1cccc(C(C)C)c1N1C=CN(c2c(C(C)C)cccc2C(C)C)[CH-]1.Cc1cc(C)c(N2C=CN(CCOC(=O)OC3CCCCC3)[CH-]2)c(C)c1.[Au]. The number of hydrogen-bond donors (Lipinski definition) is 0. The molecule has 2 aliphatic heterocycles. The third kappa shape index (κ3) is 11.3. The summed E-state index contributed by atoms with van der Waals surface area (Å²) >= 11 is 0. The van der Waals surface area contributed by atoms with Gasteiger partial charge in [-0.2, -0.15) is 6.67 Å². The number of carbonyl (C=O) groups excluding carboxylic acids is 1. The first-order valence-electron chi connectivity index (χ1n) is 20.6. The number of aryl methyl sites for hydroxylation is 3. The largest absolute Gasteiger partial charge is 0.508 e. The second kappa shape index (κ2) is 20.7. The fourth-order valence-corrected chi connectivity index (χ4v) is 8.06. The molecule has 0 amide bonds. The van der Waals surface area contributed by atoms with Crippen LogP contribution >= 0.6 is 0 Å². The summed E-state index contributed by atoms with van der Waals surface area (Å²) < 4.78 is 10.6. The van der Waals surface area contributed by atoms with E-state index in [1.807, 2.05) is 24.0 Å². The Morgan fingerprint density at radius 3 is 1.52 bits per heavy atom. The maximum absolute atomic E-state index is 11.8. The third-order valence-electron chi connectivity index (χ3n) is 10.8. The molecule has 6 rings (SSSR count). The molecule has 7 nitrogen and oxygen atoms in total. The van der Waals surface area contributed by atoms with Crippen LogP contribution < -0.4 is 14.7 Å². The van der Waals surface area contributed by atoms with Gasteiger partial charge >= 0.3 is 6.16 Å². The summed E-state index contributed by atoms with van der Waals surface area (Å²) in [6.45, 7) is 29.8. The van der Waals surface area contributed by atoms with E-state index in [2.05, 4.69) is 158 Å². The molecular formula is C48H66AuN4O3-2. The molecule has 56 heavy (non-hydrogen) atoms. The van der Waals surface area contributed by atoms with Crippen molar-refractivity contribution in [2.24, 2.45) is 0 Å². The van der Waals surface area contributed by atoms with Gasteiger partial charge in [0.1, 0.15) is 12.7 Å². The van der Waals surface area contributed by atoms with E-state index < -0.39 is 6.16 Å². The van der Waals surface area contributed by atoms with Gasteiger partial charge in [0.05, 0.1) is 0 Å². The molecule has 1 saturated carbocycles. The van der Waals surface area contributed by atoms with Crippen molar-refractivity contribution in [2.75, 3.05) is 27.9 Å². The number of para-hydroxylation sites is 2. The van der Waals surface area contributed by atoms with Crippen molar-refractivity contribution >= 4 is 23.2 Å². The zero-order valence-electron chi connectivity index (χ0n) is 35.7. The van der Waals surface area contributed by atoms with Gasteiger partial charge in [0.15, 0.2) is 0 Å². The molecule has 1 fully saturated rings. The summed E-state index contributed by atoms with van der Waals surface area (Å²) in [6, 6.07) is 17.9. The third-order valence-corrected chi connectivity index (χ3v) is 10.8. The van der Waals surface area contributed by atoms with Crippen molar-refractivity contribution in [2.45, 2.75) is 138 Å². The Kier molecular flexibility index (Phi) is 16.6. The molecule has 1 aliphatic carbocycles. The summed E-state index contributed by atoms with van der Waals surface area (Å²) in [5.74, 6) is 1.92. The fourth-order valence-electron chi connectivity index (χ4n) is 8.06. The zero-order valence-corrected chi connectivity index (χ0v) is 37.9. The number of anilines is 3. The predicted octanol–water partition coefficient (Wildman–Crippen LogP) is 12.9. The van der Waals surface area contributed by atoms with E-state index in [1.165, 1.54) is 62.4 Å². The average molecular weight is 944 g/mol. The van der Waals surface area contributed by atoms with Crippen LogP contribution in [-0.4, -0.2) is 30.3 Å². The van der Waals surface area contributed by atoms with E-state index in [0.717, 1.165) is 25.7 Å². The second-order valence-corrected chi connectivity index (χ2v) is 16.7. The van der Waals surface area contributed by atoms with Gasteiger partial charge in [0.25, 0.3) is 0 Å².